The standard InChI is InChI=1S/C14H15BrN2O/c1-10(18)13-9-11(15)3-6-14(13)17(8-2-7-16)12-4-5-12/h3,6,9,12H,2,4-5,8H2,1H3. The molecule has 2 rings (SSSR count). The van der Waals surface area contributed by atoms with E-state index in [2.05, 4.69) is 26.9 Å². The Bertz CT molecular complexity index is 503. The van der Waals surface area contributed by atoms with Crippen LogP contribution in [0.3, 0.4) is 0 Å². The van der Waals surface area contributed by atoms with Gasteiger partial charge in [-0.15, -0.1) is 0 Å². The van der Waals surface area contributed by atoms with E-state index in [1.54, 1.807) is 6.92 Å². The lowest BCUT2D eigenvalue weighted by Gasteiger charge is -2.25. The summed E-state index contributed by atoms with van der Waals surface area (Å²) in [7, 11) is 0. The molecule has 1 saturated carbocycles. The first-order valence-electron chi connectivity index (χ1n) is 6.07. The molecule has 1 aliphatic rings. The molecular formula is C14H15BrN2O. The lowest BCUT2D eigenvalue weighted by atomic mass is 10.1. The molecule has 0 amide bonds. The molecule has 94 valence electrons. The topological polar surface area (TPSA) is 44.1 Å². The van der Waals surface area contributed by atoms with Crippen LogP contribution < -0.4 is 4.90 Å². The van der Waals surface area contributed by atoms with Crippen LogP contribution in [0.4, 0.5) is 5.69 Å². The molecule has 0 N–H and O–H groups in total. The molecule has 0 saturated heterocycles. The normalized spacial score (nSPS) is 14.1. The average molecular weight is 307 g/mol. The van der Waals surface area contributed by atoms with Crippen molar-refractivity contribution in [2.75, 3.05) is 11.4 Å². The highest BCUT2D eigenvalue weighted by molar-refractivity contribution is 9.10. The molecule has 1 fully saturated rings. The van der Waals surface area contributed by atoms with Crippen LogP contribution in [0.25, 0.3) is 0 Å². The van der Waals surface area contributed by atoms with Crippen molar-refractivity contribution in [3.8, 4) is 6.07 Å². The first kappa shape index (κ1) is 13.1. The summed E-state index contributed by atoms with van der Waals surface area (Å²) in [4.78, 5) is 13.9. The van der Waals surface area contributed by atoms with Crippen molar-refractivity contribution in [3.63, 3.8) is 0 Å². The Morgan fingerprint density at radius 2 is 2.28 bits per heavy atom. The van der Waals surface area contributed by atoms with E-state index in [0.717, 1.165) is 28.6 Å². The fourth-order valence-corrected chi connectivity index (χ4v) is 2.46. The second-order valence-electron chi connectivity index (χ2n) is 4.55. The first-order valence-corrected chi connectivity index (χ1v) is 6.87. The zero-order chi connectivity index (χ0) is 13.1. The Labute approximate surface area is 116 Å². The van der Waals surface area contributed by atoms with Crippen LogP contribution in [0.5, 0.6) is 0 Å². The number of halogens is 1. The predicted octanol–water partition coefficient (Wildman–Crippen LogP) is 3.53. The van der Waals surface area contributed by atoms with E-state index >= 15 is 0 Å². The Hall–Kier alpha value is -1.34. The van der Waals surface area contributed by atoms with Gasteiger partial charge in [0.2, 0.25) is 0 Å². The Morgan fingerprint density at radius 1 is 1.56 bits per heavy atom. The van der Waals surface area contributed by atoms with Crippen LogP contribution in [0.2, 0.25) is 0 Å². The molecular weight excluding hydrogens is 292 g/mol. The van der Waals surface area contributed by atoms with Gasteiger partial charge in [0.1, 0.15) is 0 Å². The maximum Gasteiger partial charge on any atom is 0.161 e. The summed E-state index contributed by atoms with van der Waals surface area (Å²) in [5, 5.41) is 8.74. The maximum atomic E-state index is 11.7. The average Bonchev–Trinajstić information content (AvgIpc) is 3.15. The highest BCUT2D eigenvalue weighted by Crippen LogP contribution is 2.35. The van der Waals surface area contributed by atoms with E-state index in [9.17, 15) is 4.79 Å². The van der Waals surface area contributed by atoms with Crippen molar-refractivity contribution in [1.29, 1.82) is 5.26 Å². The number of hydrogen-bond donors (Lipinski definition) is 0. The third-order valence-corrected chi connectivity index (χ3v) is 3.59. The lowest BCUT2D eigenvalue weighted by Crippen LogP contribution is -2.28. The van der Waals surface area contributed by atoms with Crippen molar-refractivity contribution in [1.82, 2.24) is 0 Å². The third-order valence-electron chi connectivity index (χ3n) is 3.10. The second-order valence-corrected chi connectivity index (χ2v) is 5.47. The summed E-state index contributed by atoms with van der Waals surface area (Å²) < 4.78 is 0.910. The minimum absolute atomic E-state index is 0.0638. The number of carbonyl (C=O) groups is 1. The van der Waals surface area contributed by atoms with Gasteiger partial charge in [0, 0.05) is 28.3 Å². The molecule has 0 aromatic heterocycles. The molecule has 0 radical (unpaired) electrons. The first-order chi connectivity index (χ1) is 8.63. The number of ketones is 1. The molecule has 0 atom stereocenters. The van der Waals surface area contributed by atoms with Gasteiger partial charge in [-0.2, -0.15) is 5.26 Å². The number of anilines is 1. The van der Waals surface area contributed by atoms with Crippen LogP contribution in [0, 0.1) is 11.3 Å². The number of carbonyl (C=O) groups excluding carboxylic acids is 1. The quantitative estimate of drug-likeness (QED) is 0.782. The monoisotopic (exact) mass is 306 g/mol. The van der Waals surface area contributed by atoms with Crippen LogP contribution in [0.15, 0.2) is 22.7 Å². The van der Waals surface area contributed by atoms with Gasteiger partial charge < -0.3 is 4.90 Å². The van der Waals surface area contributed by atoms with E-state index in [4.69, 9.17) is 5.26 Å². The van der Waals surface area contributed by atoms with Crippen molar-refractivity contribution >= 4 is 27.4 Å². The van der Waals surface area contributed by atoms with Gasteiger partial charge >= 0.3 is 0 Å². The second kappa shape index (κ2) is 5.53. The number of nitrogens with zero attached hydrogens (tertiary/aromatic N) is 2. The number of rotatable bonds is 5. The Morgan fingerprint density at radius 3 is 2.83 bits per heavy atom. The molecule has 0 unspecified atom stereocenters. The highest BCUT2D eigenvalue weighted by Gasteiger charge is 2.30. The molecule has 0 heterocycles. The number of nitriles is 1. The van der Waals surface area contributed by atoms with Crippen LogP contribution in [0.1, 0.15) is 36.5 Å². The summed E-state index contributed by atoms with van der Waals surface area (Å²) in [5.74, 6) is 0.0638. The summed E-state index contributed by atoms with van der Waals surface area (Å²) in [6.07, 6.45) is 2.79. The predicted molar refractivity (Wildman–Crippen MR) is 74.7 cm³/mol. The van der Waals surface area contributed by atoms with Gasteiger partial charge in [0.05, 0.1) is 12.5 Å². The van der Waals surface area contributed by atoms with Crippen molar-refractivity contribution < 1.29 is 4.79 Å². The van der Waals surface area contributed by atoms with Gasteiger partial charge in [-0.1, -0.05) is 15.9 Å². The van der Waals surface area contributed by atoms with E-state index in [1.165, 1.54) is 0 Å². The summed E-state index contributed by atoms with van der Waals surface area (Å²) in [6, 6.07) is 8.45. The minimum atomic E-state index is 0.0638. The zero-order valence-electron chi connectivity index (χ0n) is 10.3. The zero-order valence-corrected chi connectivity index (χ0v) is 11.9. The van der Waals surface area contributed by atoms with E-state index < -0.39 is 0 Å². The Balaban J connectivity index is 2.34. The largest absolute Gasteiger partial charge is 0.367 e. The van der Waals surface area contributed by atoms with E-state index in [0.29, 0.717) is 19.0 Å². The highest BCUT2D eigenvalue weighted by atomic mass is 79.9. The fraction of sp³-hybridized carbons (Fsp3) is 0.429. The Kier molecular flexibility index (Phi) is 4.03. The molecule has 1 aromatic carbocycles. The molecule has 18 heavy (non-hydrogen) atoms. The number of Topliss-reactive ketones (excluding diaryl/α,β-unsaturated/α-hetero) is 1. The third kappa shape index (κ3) is 2.91. The minimum Gasteiger partial charge on any atom is -0.367 e. The summed E-state index contributed by atoms with van der Waals surface area (Å²) in [6.45, 7) is 2.28. The molecule has 4 heteroatoms. The maximum absolute atomic E-state index is 11.7. The van der Waals surface area contributed by atoms with Gasteiger partial charge in [-0.3, -0.25) is 4.79 Å². The van der Waals surface area contributed by atoms with Crippen LogP contribution >= 0.6 is 15.9 Å². The molecule has 1 aromatic rings. The lowest BCUT2D eigenvalue weighted by molar-refractivity contribution is 0.101. The van der Waals surface area contributed by atoms with E-state index in [-0.39, 0.29) is 5.78 Å². The molecule has 0 aliphatic heterocycles. The molecule has 0 bridgehead atoms. The SMILES string of the molecule is CC(=O)c1cc(Br)ccc1N(CCC#N)C1CC1. The molecule has 0 spiro atoms. The summed E-state index contributed by atoms with van der Waals surface area (Å²) in [5.41, 5.74) is 1.69. The van der Waals surface area contributed by atoms with Gasteiger partial charge in [0.25, 0.3) is 0 Å². The number of benzene rings is 1. The van der Waals surface area contributed by atoms with Crippen molar-refractivity contribution in [2.45, 2.75) is 32.2 Å². The van der Waals surface area contributed by atoms with Crippen molar-refractivity contribution in [3.05, 3.63) is 28.2 Å². The van der Waals surface area contributed by atoms with Crippen LogP contribution in [-0.2, 0) is 0 Å². The fourth-order valence-electron chi connectivity index (χ4n) is 2.10. The number of hydrogen-bond acceptors (Lipinski definition) is 3. The molecule has 1 aliphatic carbocycles. The summed E-state index contributed by atoms with van der Waals surface area (Å²) >= 11 is 3.40. The van der Waals surface area contributed by atoms with Gasteiger partial charge in [-0.25, -0.2) is 0 Å². The van der Waals surface area contributed by atoms with E-state index in [1.807, 2.05) is 18.2 Å². The van der Waals surface area contributed by atoms with Crippen LogP contribution in [-0.4, -0.2) is 18.4 Å². The van der Waals surface area contributed by atoms with Gasteiger partial charge in [0.15, 0.2) is 5.78 Å². The van der Waals surface area contributed by atoms with Gasteiger partial charge in [-0.05, 0) is 38.0 Å². The van der Waals surface area contributed by atoms with Crippen molar-refractivity contribution in [2.24, 2.45) is 0 Å². The smallest absolute Gasteiger partial charge is 0.161 e. The molecule has 3 nitrogen and oxygen atoms in total.